The van der Waals surface area contributed by atoms with Gasteiger partial charge in [-0.25, -0.2) is 4.79 Å². The molecule has 0 radical (unpaired) electrons. The molecule has 2 aliphatic rings. The Bertz CT molecular complexity index is 323. The van der Waals surface area contributed by atoms with Crippen LogP contribution in [0.3, 0.4) is 0 Å². The van der Waals surface area contributed by atoms with Crippen molar-refractivity contribution in [1.82, 2.24) is 10.2 Å². The van der Waals surface area contributed by atoms with Crippen molar-refractivity contribution in [2.45, 2.75) is 26.3 Å². The Kier molecular flexibility index (Phi) is 2.66. The highest BCUT2D eigenvalue weighted by molar-refractivity contribution is 5.90. The maximum atomic E-state index is 12.2. The highest BCUT2D eigenvalue weighted by Gasteiger charge is 2.53. The van der Waals surface area contributed by atoms with Crippen LogP contribution in [0.15, 0.2) is 0 Å². The lowest BCUT2D eigenvalue weighted by Gasteiger charge is -2.38. The summed E-state index contributed by atoms with van der Waals surface area (Å²) >= 11 is 0. The van der Waals surface area contributed by atoms with Crippen molar-refractivity contribution in [1.29, 1.82) is 0 Å². The van der Waals surface area contributed by atoms with E-state index in [1.807, 2.05) is 13.8 Å². The molecule has 1 spiro atoms. The molecule has 2 aliphatic heterocycles. The van der Waals surface area contributed by atoms with E-state index in [0.29, 0.717) is 19.6 Å². The van der Waals surface area contributed by atoms with Gasteiger partial charge in [0.25, 0.3) is 0 Å². The summed E-state index contributed by atoms with van der Waals surface area (Å²) in [5.74, 6) is -0.926. The summed E-state index contributed by atoms with van der Waals surface area (Å²) < 4.78 is 0. The van der Waals surface area contributed by atoms with Crippen LogP contribution in [-0.4, -0.2) is 47.6 Å². The first-order valence-corrected chi connectivity index (χ1v) is 5.72. The number of hydrogen-bond donors (Lipinski definition) is 2. The van der Waals surface area contributed by atoms with Gasteiger partial charge < -0.3 is 15.3 Å². The van der Waals surface area contributed by atoms with Crippen LogP contribution in [0.2, 0.25) is 0 Å². The van der Waals surface area contributed by atoms with Crippen molar-refractivity contribution in [3.05, 3.63) is 0 Å². The molecule has 16 heavy (non-hydrogen) atoms. The lowest BCUT2D eigenvalue weighted by Crippen LogP contribution is -2.59. The Hall–Kier alpha value is -1.10. The zero-order chi connectivity index (χ0) is 11.9. The Labute approximate surface area is 94.8 Å². The van der Waals surface area contributed by atoms with Crippen molar-refractivity contribution in [2.75, 3.05) is 19.6 Å². The van der Waals surface area contributed by atoms with Gasteiger partial charge in [0.05, 0.1) is 5.41 Å². The molecule has 2 fully saturated rings. The van der Waals surface area contributed by atoms with E-state index >= 15 is 0 Å². The highest BCUT2D eigenvalue weighted by Crippen LogP contribution is 2.37. The van der Waals surface area contributed by atoms with E-state index in [2.05, 4.69) is 5.32 Å². The number of amides is 1. The minimum absolute atomic E-state index is 0.0207. The molecular weight excluding hydrogens is 208 g/mol. The molecule has 1 unspecified atom stereocenters. The number of carbonyl (C=O) groups is 2. The minimum Gasteiger partial charge on any atom is -0.480 e. The van der Waals surface area contributed by atoms with Gasteiger partial charge in [-0.05, 0) is 12.3 Å². The molecular formula is C11H18N2O3. The molecule has 0 aromatic heterocycles. The number of nitrogens with one attached hydrogen (secondary N) is 1. The number of carbonyl (C=O) groups excluding carboxylic acids is 1. The van der Waals surface area contributed by atoms with Gasteiger partial charge in [-0.1, -0.05) is 13.8 Å². The van der Waals surface area contributed by atoms with Gasteiger partial charge in [-0.15, -0.1) is 0 Å². The lowest BCUT2D eigenvalue weighted by atomic mass is 9.80. The molecule has 2 heterocycles. The van der Waals surface area contributed by atoms with E-state index < -0.39 is 12.0 Å². The van der Waals surface area contributed by atoms with Gasteiger partial charge >= 0.3 is 5.97 Å². The van der Waals surface area contributed by atoms with E-state index in [-0.39, 0.29) is 17.2 Å². The number of hydrogen-bond acceptors (Lipinski definition) is 3. The van der Waals surface area contributed by atoms with E-state index in [0.717, 1.165) is 6.42 Å². The van der Waals surface area contributed by atoms with Crippen LogP contribution in [0.4, 0.5) is 0 Å². The molecule has 5 heteroatoms. The standard InChI is InChI=1S/C11H18N2O3/c1-7(2)8(9(14)15)13-4-3-11(10(13)16)5-12-6-11/h7-8,12H,3-6H2,1-2H3,(H,14,15). The van der Waals surface area contributed by atoms with Gasteiger partial charge in [-0.2, -0.15) is 0 Å². The second-order valence-electron chi connectivity index (χ2n) is 5.16. The Balaban J connectivity index is 2.16. The SMILES string of the molecule is CC(C)C(C(=O)O)N1CCC2(CNC2)C1=O. The number of rotatable bonds is 3. The lowest BCUT2D eigenvalue weighted by molar-refractivity contribution is -0.153. The van der Waals surface area contributed by atoms with Gasteiger partial charge in [0.2, 0.25) is 5.91 Å². The smallest absolute Gasteiger partial charge is 0.326 e. The molecule has 2 N–H and O–H groups in total. The summed E-state index contributed by atoms with van der Waals surface area (Å²) in [6, 6.07) is -0.674. The van der Waals surface area contributed by atoms with Crippen LogP contribution in [0.5, 0.6) is 0 Å². The fraction of sp³-hybridized carbons (Fsp3) is 0.818. The predicted molar refractivity (Wildman–Crippen MR) is 57.9 cm³/mol. The summed E-state index contributed by atoms with van der Waals surface area (Å²) in [6.45, 7) is 5.67. The zero-order valence-electron chi connectivity index (χ0n) is 9.69. The van der Waals surface area contributed by atoms with Crippen LogP contribution >= 0.6 is 0 Å². The molecule has 5 nitrogen and oxygen atoms in total. The summed E-state index contributed by atoms with van der Waals surface area (Å²) in [7, 11) is 0. The third kappa shape index (κ3) is 1.50. The Morgan fingerprint density at radius 3 is 2.44 bits per heavy atom. The largest absolute Gasteiger partial charge is 0.480 e. The van der Waals surface area contributed by atoms with E-state index in [4.69, 9.17) is 0 Å². The highest BCUT2D eigenvalue weighted by atomic mass is 16.4. The van der Waals surface area contributed by atoms with Crippen molar-refractivity contribution in [3.8, 4) is 0 Å². The average Bonchev–Trinajstić information content (AvgIpc) is 2.43. The van der Waals surface area contributed by atoms with Crippen LogP contribution < -0.4 is 5.32 Å². The van der Waals surface area contributed by atoms with Crippen LogP contribution in [-0.2, 0) is 9.59 Å². The quantitative estimate of drug-likeness (QED) is 0.706. The Morgan fingerprint density at radius 1 is 1.50 bits per heavy atom. The third-order valence-corrected chi connectivity index (χ3v) is 3.69. The third-order valence-electron chi connectivity index (χ3n) is 3.69. The van der Waals surface area contributed by atoms with Gasteiger partial charge in [0.1, 0.15) is 6.04 Å². The minimum atomic E-state index is -0.896. The summed E-state index contributed by atoms with van der Waals surface area (Å²) in [6.07, 6.45) is 0.787. The Morgan fingerprint density at radius 2 is 2.12 bits per heavy atom. The summed E-state index contributed by atoms with van der Waals surface area (Å²) in [5.41, 5.74) is -0.289. The molecule has 1 atom stereocenters. The second-order valence-corrected chi connectivity index (χ2v) is 5.16. The first-order chi connectivity index (χ1) is 7.48. The van der Waals surface area contributed by atoms with E-state index in [1.54, 1.807) is 4.90 Å². The zero-order valence-corrected chi connectivity index (χ0v) is 9.69. The first kappa shape index (κ1) is 11.4. The number of likely N-dealkylation sites (tertiary alicyclic amines) is 1. The monoisotopic (exact) mass is 226 g/mol. The first-order valence-electron chi connectivity index (χ1n) is 5.72. The fourth-order valence-electron chi connectivity index (χ4n) is 2.65. The molecule has 0 aromatic rings. The molecule has 0 aliphatic carbocycles. The van der Waals surface area contributed by atoms with Gasteiger partial charge in [-0.3, -0.25) is 4.79 Å². The van der Waals surface area contributed by atoms with E-state index in [9.17, 15) is 14.7 Å². The van der Waals surface area contributed by atoms with Crippen LogP contribution in [0, 0.1) is 11.3 Å². The second kappa shape index (κ2) is 3.73. The normalized spacial score (nSPS) is 24.9. The number of carboxylic acid groups (broad SMARTS) is 1. The number of nitrogens with zero attached hydrogens (tertiary/aromatic N) is 1. The van der Waals surface area contributed by atoms with Gasteiger partial charge in [0, 0.05) is 19.6 Å². The van der Waals surface area contributed by atoms with Gasteiger partial charge in [0.15, 0.2) is 0 Å². The summed E-state index contributed by atoms with van der Waals surface area (Å²) in [4.78, 5) is 24.9. The summed E-state index contributed by atoms with van der Waals surface area (Å²) in [5, 5.41) is 12.3. The molecule has 0 aromatic carbocycles. The van der Waals surface area contributed by atoms with Crippen molar-refractivity contribution >= 4 is 11.9 Å². The van der Waals surface area contributed by atoms with Crippen LogP contribution in [0.25, 0.3) is 0 Å². The van der Waals surface area contributed by atoms with Crippen LogP contribution in [0.1, 0.15) is 20.3 Å². The molecule has 90 valence electrons. The number of aliphatic carboxylic acids is 1. The molecule has 0 saturated carbocycles. The van der Waals surface area contributed by atoms with Crippen molar-refractivity contribution in [2.24, 2.45) is 11.3 Å². The fourth-order valence-corrected chi connectivity index (χ4v) is 2.65. The maximum Gasteiger partial charge on any atom is 0.326 e. The topological polar surface area (TPSA) is 69.6 Å². The van der Waals surface area contributed by atoms with E-state index in [1.165, 1.54) is 0 Å². The van der Waals surface area contributed by atoms with Crippen molar-refractivity contribution in [3.63, 3.8) is 0 Å². The number of carboxylic acids is 1. The maximum absolute atomic E-state index is 12.2. The molecule has 2 saturated heterocycles. The molecule has 2 rings (SSSR count). The average molecular weight is 226 g/mol. The molecule has 0 bridgehead atoms. The van der Waals surface area contributed by atoms with Crippen molar-refractivity contribution < 1.29 is 14.7 Å². The predicted octanol–water partition coefficient (Wildman–Crippen LogP) is -0.0825. The molecule has 1 amide bonds.